The second-order valence-corrected chi connectivity index (χ2v) is 5.29. The van der Waals surface area contributed by atoms with Crippen molar-refractivity contribution in [2.75, 3.05) is 17.6 Å². The normalized spacial score (nSPS) is 10.5. The number of rotatable bonds is 5. The maximum absolute atomic E-state index is 13.3. The summed E-state index contributed by atoms with van der Waals surface area (Å²) in [5.41, 5.74) is 6.12. The molecule has 0 saturated heterocycles. The molecule has 1 aromatic carbocycles. The van der Waals surface area contributed by atoms with E-state index in [1.54, 1.807) is 11.3 Å². The van der Waals surface area contributed by atoms with Gasteiger partial charge in [-0.05, 0) is 19.1 Å². The van der Waals surface area contributed by atoms with Crippen LogP contribution in [-0.4, -0.2) is 22.6 Å². The molecule has 0 unspecified atom stereocenters. The van der Waals surface area contributed by atoms with Crippen molar-refractivity contribution in [1.29, 1.82) is 0 Å². The SMILES string of the molecule is Cc1nc(CCNc2ccc(F)c(N)c2C(=O)O)cs1. The molecule has 0 bridgehead atoms. The summed E-state index contributed by atoms with van der Waals surface area (Å²) < 4.78 is 13.3. The summed E-state index contributed by atoms with van der Waals surface area (Å²) in [6, 6.07) is 2.53. The minimum Gasteiger partial charge on any atom is -0.478 e. The highest BCUT2D eigenvalue weighted by Gasteiger charge is 2.17. The Morgan fingerprint density at radius 3 is 2.90 bits per heavy atom. The number of aromatic nitrogens is 1. The van der Waals surface area contributed by atoms with E-state index < -0.39 is 11.8 Å². The quantitative estimate of drug-likeness (QED) is 0.738. The number of halogens is 1. The lowest BCUT2D eigenvalue weighted by molar-refractivity contribution is 0.0698. The number of aryl methyl sites for hydroxylation is 1. The summed E-state index contributed by atoms with van der Waals surface area (Å²) in [7, 11) is 0. The maximum atomic E-state index is 13.3. The van der Waals surface area contributed by atoms with E-state index in [4.69, 9.17) is 10.8 Å². The molecule has 4 N–H and O–H groups in total. The number of nitrogen functional groups attached to an aromatic ring is 1. The van der Waals surface area contributed by atoms with E-state index in [-0.39, 0.29) is 11.3 Å². The van der Waals surface area contributed by atoms with Gasteiger partial charge in [-0.15, -0.1) is 11.3 Å². The van der Waals surface area contributed by atoms with Gasteiger partial charge in [0.05, 0.1) is 22.1 Å². The Balaban J connectivity index is 2.09. The molecule has 106 valence electrons. The second kappa shape index (κ2) is 5.87. The predicted molar refractivity (Wildman–Crippen MR) is 76.8 cm³/mol. The Labute approximate surface area is 119 Å². The van der Waals surface area contributed by atoms with E-state index in [0.717, 1.165) is 16.8 Å². The molecule has 1 aromatic heterocycles. The molecule has 2 rings (SSSR count). The van der Waals surface area contributed by atoms with Gasteiger partial charge in [0.25, 0.3) is 0 Å². The van der Waals surface area contributed by atoms with Crippen LogP contribution in [0.3, 0.4) is 0 Å². The first kappa shape index (κ1) is 14.3. The number of nitrogens with zero attached hydrogens (tertiary/aromatic N) is 1. The van der Waals surface area contributed by atoms with Crippen LogP contribution in [0, 0.1) is 12.7 Å². The van der Waals surface area contributed by atoms with Crippen LogP contribution in [0.25, 0.3) is 0 Å². The maximum Gasteiger partial charge on any atom is 0.340 e. The van der Waals surface area contributed by atoms with E-state index in [2.05, 4.69) is 10.3 Å². The van der Waals surface area contributed by atoms with Gasteiger partial charge < -0.3 is 16.2 Å². The third-order valence-corrected chi connectivity index (χ3v) is 3.59. The molecular weight excluding hydrogens is 281 g/mol. The van der Waals surface area contributed by atoms with E-state index in [0.29, 0.717) is 18.7 Å². The number of benzene rings is 1. The highest BCUT2D eigenvalue weighted by molar-refractivity contribution is 7.09. The van der Waals surface area contributed by atoms with Gasteiger partial charge in [0, 0.05) is 18.3 Å². The topological polar surface area (TPSA) is 88.2 Å². The zero-order chi connectivity index (χ0) is 14.7. The standard InChI is InChI=1S/C13H14FN3O2S/c1-7-17-8(6-20-7)4-5-16-10-3-2-9(14)12(15)11(10)13(18)19/h2-3,6,16H,4-5,15H2,1H3,(H,18,19). The summed E-state index contributed by atoms with van der Waals surface area (Å²) in [5.74, 6) is -1.99. The van der Waals surface area contributed by atoms with Gasteiger partial charge in [-0.25, -0.2) is 14.2 Å². The molecule has 0 amide bonds. The van der Waals surface area contributed by atoms with Crippen molar-refractivity contribution in [2.45, 2.75) is 13.3 Å². The molecule has 0 aliphatic carbocycles. The van der Waals surface area contributed by atoms with Crippen LogP contribution in [0.2, 0.25) is 0 Å². The summed E-state index contributed by atoms with van der Waals surface area (Å²) >= 11 is 1.56. The fourth-order valence-corrected chi connectivity index (χ4v) is 2.47. The number of aromatic carboxylic acids is 1. The van der Waals surface area contributed by atoms with Crippen LogP contribution in [0.15, 0.2) is 17.5 Å². The molecule has 0 saturated carbocycles. The minimum absolute atomic E-state index is 0.237. The number of hydrogen-bond donors (Lipinski definition) is 3. The molecule has 5 nitrogen and oxygen atoms in total. The first-order valence-corrected chi connectivity index (χ1v) is 6.83. The monoisotopic (exact) mass is 295 g/mol. The van der Waals surface area contributed by atoms with Crippen LogP contribution >= 0.6 is 11.3 Å². The zero-order valence-electron chi connectivity index (χ0n) is 10.8. The lowest BCUT2D eigenvalue weighted by Crippen LogP contribution is -2.12. The Hall–Kier alpha value is -2.15. The summed E-state index contributed by atoms with van der Waals surface area (Å²) in [6.07, 6.45) is 0.653. The van der Waals surface area contributed by atoms with Gasteiger partial charge in [0.1, 0.15) is 11.4 Å². The highest BCUT2D eigenvalue weighted by Crippen LogP contribution is 2.25. The van der Waals surface area contributed by atoms with E-state index in [9.17, 15) is 9.18 Å². The van der Waals surface area contributed by atoms with Crippen LogP contribution in [0.1, 0.15) is 21.1 Å². The van der Waals surface area contributed by atoms with Crippen molar-refractivity contribution >= 4 is 28.7 Å². The lowest BCUT2D eigenvalue weighted by Gasteiger charge is -2.11. The number of anilines is 2. The Bertz CT molecular complexity index is 643. The zero-order valence-corrected chi connectivity index (χ0v) is 11.6. The number of carbonyl (C=O) groups is 1. The smallest absolute Gasteiger partial charge is 0.340 e. The predicted octanol–water partition coefficient (Wildman–Crippen LogP) is 2.53. The Kier molecular flexibility index (Phi) is 4.19. The van der Waals surface area contributed by atoms with Crippen molar-refractivity contribution in [3.05, 3.63) is 39.6 Å². The van der Waals surface area contributed by atoms with Crippen molar-refractivity contribution in [1.82, 2.24) is 4.98 Å². The van der Waals surface area contributed by atoms with E-state index in [1.807, 2.05) is 12.3 Å². The molecule has 0 fully saturated rings. The van der Waals surface area contributed by atoms with Gasteiger partial charge in [-0.2, -0.15) is 0 Å². The molecule has 0 atom stereocenters. The van der Waals surface area contributed by atoms with Gasteiger partial charge in [-0.3, -0.25) is 0 Å². The van der Waals surface area contributed by atoms with Crippen LogP contribution < -0.4 is 11.1 Å². The van der Waals surface area contributed by atoms with Crippen molar-refractivity contribution in [3.8, 4) is 0 Å². The molecular formula is C13H14FN3O2S. The average Bonchev–Trinajstić information content (AvgIpc) is 2.79. The number of thiazole rings is 1. The fourth-order valence-electron chi connectivity index (χ4n) is 1.82. The average molecular weight is 295 g/mol. The first-order chi connectivity index (χ1) is 9.49. The molecule has 1 heterocycles. The number of nitrogens with two attached hydrogens (primary N) is 1. The fraction of sp³-hybridized carbons (Fsp3) is 0.231. The summed E-state index contributed by atoms with van der Waals surface area (Å²) in [5, 5.41) is 15.0. The third-order valence-electron chi connectivity index (χ3n) is 2.77. The second-order valence-electron chi connectivity index (χ2n) is 4.22. The lowest BCUT2D eigenvalue weighted by atomic mass is 10.1. The van der Waals surface area contributed by atoms with Crippen molar-refractivity contribution in [3.63, 3.8) is 0 Å². The van der Waals surface area contributed by atoms with Gasteiger partial charge in [-0.1, -0.05) is 0 Å². The molecule has 0 radical (unpaired) electrons. The summed E-state index contributed by atoms with van der Waals surface area (Å²) in [6.45, 7) is 2.42. The van der Waals surface area contributed by atoms with Crippen molar-refractivity contribution < 1.29 is 14.3 Å². The first-order valence-electron chi connectivity index (χ1n) is 5.95. The number of hydrogen-bond acceptors (Lipinski definition) is 5. The summed E-state index contributed by atoms with van der Waals surface area (Å²) in [4.78, 5) is 15.4. The third kappa shape index (κ3) is 3.05. The Morgan fingerprint density at radius 2 is 2.30 bits per heavy atom. The van der Waals surface area contributed by atoms with Gasteiger partial charge in [0.15, 0.2) is 0 Å². The van der Waals surface area contributed by atoms with Crippen LogP contribution in [-0.2, 0) is 6.42 Å². The minimum atomic E-state index is -1.26. The molecule has 20 heavy (non-hydrogen) atoms. The molecule has 7 heteroatoms. The van der Waals surface area contributed by atoms with Gasteiger partial charge in [0.2, 0.25) is 0 Å². The highest BCUT2D eigenvalue weighted by atomic mass is 32.1. The molecule has 0 spiro atoms. The molecule has 2 aromatic rings. The van der Waals surface area contributed by atoms with Crippen LogP contribution in [0.4, 0.5) is 15.8 Å². The van der Waals surface area contributed by atoms with E-state index in [1.165, 1.54) is 6.07 Å². The van der Waals surface area contributed by atoms with Gasteiger partial charge >= 0.3 is 5.97 Å². The molecule has 0 aliphatic heterocycles. The number of carboxylic acid groups (broad SMARTS) is 1. The van der Waals surface area contributed by atoms with Crippen molar-refractivity contribution in [2.24, 2.45) is 0 Å². The Morgan fingerprint density at radius 1 is 1.55 bits per heavy atom. The number of nitrogens with one attached hydrogen (secondary N) is 1. The number of carboxylic acids is 1. The molecule has 0 aliphatic rings. The van der Waals surface area contributed by atoms with Crippen LogP contribution in [0.5, 0.6) is 0 Å². The van der Waals surface area contributed by atoms with E-state index >= 15 is 0 Å². The largest absolute Gasteiger partial charge is 0.478 e.